The molecular weight excluding hydrogens is 290 g/mol. The molecule has 2 aliphatic rings. The van der Waals surface area contributed by atoms with Gasteiger partial charge in [0.1, 0.15) is 24.4 Å². The van der Waals surface area contributed by atoms with E-state index in [0.29, 0.717) is 12.5 Å². The van der Waals surface area contributed by atoms with Gasteiger partial charge in [0.05, 0.1) is 13.2 Å². The molecule has 1 aliphatic carbocycles. The van der Waals surface area contributed by atoms with Crippen LogP contribution >= 0.6 is 0 Å². The summed E-state index contributed by atoms with van der Waals surface area (Å²) in [7, 11) is 0. The Balaban J connectivity index is 1.81. The number of amides is 1. The molecule has 1 saturated heterocycles. The van der Waals surface area contributed by atoms with Crippen molar-refractivity contribution in [3.05, 3.63) is 0 Å². The summed E-state index contributed by atoms with van der Waals surface area (Å²) in [5, 5.41) is 32.3. The van der Waals surface area contributed by atoms with Gasteiger partial charge in [0.15, 0.2) is 6.29 Å². The Kier molecular flexibility index (Phi) is 5.45. The van der Waals surface area contributed by atoms with Crippen LogP contribution in [0.25, 0.3) is 0 Å². The first kappa shape index (κ1) is 17.6. The van der Waals surface area contributed by atoms with E-state index in [-0.39, 0.29) is 12.0 Å². The predicted octanol–water partition coefficient (Wildman–Crippen LogP) is -0.617. The molecule has 0 bridgehead atoms. The minimum Gasteiger partial charge on any atom is -0.388 e. The van der Waals surface area contributed by atoms with Gasteiger partial charge < -0.3 is 30.1 Å². The third-order valence-corrected chi connectivity index (χ3v) is 4.51. The first-order valence-electron chi connectivity index (χ1n) is 7.76. The van der Waals surface area contributed by atoms with Crippen LogP contribution in [0, 0.1) is 11.3 Å². The molecule has 7 heteroatoms. The molecule has 1 aliphatic heterocycles. The number of nitrogens with one attached hydrogen (secondary N) is 1. The summed E-state index contributed by atoms with van der Waals surface area (Å²) in [6, 6.07) is -1.05. The summed E-state index contributed by atoms with van der Waals surface area (Å²) in [5.74, 6) is 0.299. The van der Waals surface area contributed by atoms with Crippen molar-refractivity contribution < 1.29 is 29.6 Å². The molecule has 5 unspecified atom stereocenters. The maximum atomic E-state index is 11.0. The Morgan fingerprint density at radius 1 is 1.32 bits per heavy atom. The topological polar surface area (TPSA) is 108 Å². The Morgan fingerprint density at radius 2 is 1.95 bits per heavy atom. The van der Waals surface area contributed by atoms with E-state index in [2.05, 4.69) is 19.2 Å². The van der Waals surface area contributed by atoms with E-state index in [1.54, 1.807) is 0 Å². The van der Waals surface area contributed by atoms with Crippen LogP contribution in [-0.4, -0.2) is 65.1 Å². The van der Waals surface area contributed by atoms with Crippen LogP contribution in [0.5, 0.6) is 0 Å². The highest BCUT2D eigenvalue weighted by molar-refractivity contribution is 5.73. The molecule has 2 rings (SSSR count). The van der Waals surface area contributed by atoms with Gasteiger partial charge in [-0.3, -0.25) is 4.79 Å². The molecular formula is C15H27NO6. The third kappa shape index (κ3) is 3.97. The average molecular weight is 317 g/mol. The van der Waals surface area contributed by atoms with Crippen LogP contribution in [0.1, 0.15) is 33.6 Å². The molecule has 0 aromatic rings. The zero-order valence-corrected chi connectivity index (χ0v) is 13.4. The highest BCUT2D eigenvalue weighted by Gasteiger charge is 2.45. The first-order valence-corrected chi connectivity index (χ1v) is 7.76. The lowest BCUT2D eigenvalue weighted by atomic mass is 9.64. The molecule has 1 amide bonds. The van der Waals surface area contributed by atoms with Gasteiger partial charge in [0.25, 0.3) is 0 Å². The quantitative estimate of drug-likeness (QED) is 0.538. The van der Waals surface area contributed by atoms with E-state index in [4.69, 9.17) is 9.47 Å². The summed E-state index contributed by atoms with van der Waals surface area (Å²) in [5.41, 5.74) is 0.162. The summed E-state index contributed by atoms with van der Waals surface area (Å²) in [6.07, 6.45) is -2.52. The van der Waals surface area contributed by atoms with E-state index < -0.39 is 36.6 Å². The van der Waals surface area contributed by atoms with E-state index in [1.165, 1.54) is 6.92 Å². The van der Waals surface area contributed by atoms with Gasteiger partial charge in [-0.05, 0) is 24.2 Å². The molecule has 7 nitrogen and oxygen atoms in total. The number of hydrogen-bond donors (Lipinski definition) is 4. The molecule has 0 radical (unpaired) electrons. The average Bonchev–Trinajstić information content (AvgIpc) is 2.38. The monoisotopic (exact) mass is 317 g/mol. The number of ether oxygens (including phenoxy) is 2. The van der Waals surface area contributed by atoms with Crippen molar-refractivity contribution in [2.45, 2.75) is 64.3 Å². The zero-order valence-electron chi connectivity index (χ0n) is 13.4. The summed E-state index contributed by atoms with van der Waals surface area (Å²) < 4.78 is 10.9. The second-order valence-electron chi connectivity index (χ2n) is 7.11. The van der Waals surface area contributed by atoms with Gasteiger partial charge in [0.2, 0.25) is 5.91 Å². The Hall–Kier alpha value is -0.730. The van der Waals surface area contributed by atoms with Crippen LogP contribution in [0.15, 0.2) is 0 Å². The summed E-state index contributed by atoms with van der Waals surface area (Å²) >= 11 is 0. The van der Waals surface area contributed by atoms with Gasteiger partial charge in [-0.2, -0.15) is 0 Å². The molecule has 4 N–H and O–H groups in total. The lowest BCUT2D eigenvalue weighted by Crippen LogP contribution is -2.64. The van der Waals surface area contributed by atoms with Gasteiger partial charge in [-0.15, -0.1) is 0 Å². The molecule has 0 aromatic carbocycles. The molecule has 2 fully saturated rings. The van der Waals surface area contributed by atoms with Crippen molar-refractivity contribution in [3.8, 4) is 0 Å². The standard InChI is InChI=1S/C15H27NO6/c1-8-4-15(3,5-8)7-21-6-10-12(18)13(19)11(14(20)22-10)16-9(2)17/h8,10-14,18-20H,4-7H2,1-3H3,(H,16,17). The largest absolute Gasteiger partial charge is 0.388 e. The van der Waals surface area contributed by atoms with Crippen molar-refractivity contribution in [1.29, 1.82) is 0 Å². The Bertz CT molecular complexity index is 397. The fraction of sp³-hybridized carbons (Fsp3) is 0.933. The summed E-state index contributed by atoms with van der Waals surface area (Å²) in [6.45, 7) is 6.27. The van der Waals surface area contributed by atoms with E-state index in [1.807, 2.05) is 0 Å². The number of hydrogen-bond acceptors (Lipinski definition) is 6. The normalized spacial score (nSPS) is 45.2. The molecule has 0 aromatic heterocycles. The van der Waals surface area contributed by atoms with E-state index >= 15 is 0 Å². The van der Waals surface area contributed by atoms with Crippen LogP contribution in [0.2, 0.25) is 0 Å². The highest BCUT2D eigenvalue weighted by Crippen LogP contribution is 2.45. The lowest BCUT2D eigenvalue weighted by molar-refractivity contribution is -0.258. The van der Waals surface area contributed by atoms with Gasteiger partial charge in [-0.25, -0.2) is 0 Å². The number of carbonyl (C=O) groups is 1. The number of aliphatic hydroxyl groups excluding tert-OH is 3. The predicted molar refractivity (Wildman–Crippen MR) is 77.8 cm³/mol. The maximum Gasteiger partial charge on any atom is 0.217 e. The van der Waals surface area contributed by atoms with Crippen LogP contribution < -0.4 is 5.32 Å². The minimum atomic E-state index is -1.38. The van der Waals surface area contributed by atoms with Crippen molar-refractivity contribution in [1.82, 2.24) is 5.32 Å². The smallest absolute Gasteiger partial charge is 0.217 e. The van der Waals surface area contributed by atoms with E-state index in [0.717, 1.165) is 12.8 Å². The maximum absolute atomic E-state index is 11.0. The van der Waals surface area contributed by atoms with Gasteiger partial charge in [-0.1, -0.05) is 13.8 Å². The van der Waals surface area contributed by atoms with Gasteiger partial charge in [0, 0.05) is 6.92 Å². The van der Waals surface area contributed by atoms with E-state index in [9.17, 15) is 20.1 Å². The van der Waals surface area contributed by atoms with Crippen LogP contribution in [0.4, 0.5) is 0 Å². The molecule has 1 saturated carbocycles. The first-order chi connectivity index (χ1) is 10.2. The van der Waals surface area contributed by atoms with Crippen molar-refractivity contribution >= 4 is 5.91 Å². The number of rotatable bonds is 5. The SMILES string of the molecule is CC(=O)NC1C(O)OC(COCC2(C)CC(C)C2)C(O)C1O. The Morgan fingerprint density at radius 3 is 2.50 bits per heavy atom. The number of carbonyl (C=O) groups excluding carboxylic acids is 1. The molecule has 1 heterocycles. The minimum absolute atomic E-state index is 0.0893. The van der Waals surface area contributed by atoms with Gasteiger partial charge >= 0.3 is 0 Å². The highest BCUT2D eigenvalue weighted by atomic mass is 16.6. The molecule has 0 spiro atoms. The molecule has 128 valence electrons. The Labute approximate surface area is 130 Å². The zero-order chi connectivity index (χ0) is 16.5. The van der Waals surface area contributed by atoms with Crippen LogP contribution in [0.3, 0.4) is 0 Å². The second-order valence-corrected chi connectivity index (χ2v) is 7.11. The fourth-order valence-electron chi connectivity index (χ4n) is 3.64. The van der Waals surface area contributed by atoms with Crippen molar-refractivity contribution in [3.63, 3.8) is 0 Å². The summed E-state index contributed by atoms with van der Waals surface area (Å²) in [4.78, 5) is 11.0. The van der Waals surface area contributed by atoms with Crippen LogP contribution in [-0.2, 0) is 14.3 Å². The molecule has 5 atom stereocenters. The molecule has 22 heavy (non-hydrogen) atoms. The third-order valence-electron chi connectivity index (χ3n) is 4.51. The second kappa shape index (κ2) is 6.80. The lowest BCUT2D eigenvalue weighted by Gasteiger charge is -2.44. The fourth-order valence-corrected chi connectivity index (χ4v) is 3.64. The van der Waals surface area contributed by atoms with Crippen molar-refractivity contribution in [2.24, 2.45) is 11.3 Å². The number of aliphatic hydroxyl groups is 3. The van der Waals surface area contributed by atoms with Crippen molar-refractivity contribution in [2.75, 3.05) is 13.2 Å².